The Morgan fingerprint density at radius 1 is 0.947 bits per heavy atom. The van der Waals surface area contributed by atoms with Gasteiger partial charge in [0, 0.05) is 17.1 Å². The highest BCUT2D eigenvalue weighted by molar-refractivity contribution is 5.93. The van der Waals surface area contributed by atoms with Crippen LogP contribution in [-0.2, 0) is 4.79 Å². The van der Waals surface area contributed by atoms with E-state index in [4.69, 9.17) is 5.11 Å². The monoisotopic (exact) mass is 256 g/mol. The number of aliphatic hydroxyl groups is 1. The quantitative estimate of drug-likeness (QED) is 0.788. The lowest BCUT2D eigenvalue weighted by Gasteiger charge is -2.09. The van der Waals surface area contributed by atoms with E-state index in [1.807, 2.05) is 42.5 Å². The van der Waals surface area contributed by atoms with Gasteiger partial charge in [-0.1, -0.05) is 18.2 Å². The molecule has 3 N–H and O–H groups in total. The Bertz CT molecular complexity index is 536. The van der Waals surface area contributed by atoms with Gasteiger partial charge in [-0.05, 0) is 43.3 Å². The van der Waals surface area contributed by atoms with E-state index in [-0.39, 0.29) is 0 Å². The molecule has 0 saturated carbocycles. The van der Waals surface area contributed by atoms with Gasteiger partial charge in [0.1, 0.15) is 6.10 Å². The number of para-hydroxylation sites is 1. The molecule has 4 nitrogen and oxygen atoms in total. The maximum Gasteiger partial charge on any atom is 0.252 e. The van der Waals surface area contributed by atoms with Crippen LogP contribution in [0.4, 0.5) is 17.1 Å². The van der Waals surface area contributed by atoms with Crippen molar-refractivity contribution in [2.75, 3.05) is 10.6 Å². The first kappa shape index (κ1) is 13.1. The number of carbonyl (C=O) groups is 1. The van der Waals surface area contributed by atoms with E-state index in [1.165, 1.54) is 6.92 Å². The minimum absolute atomic E-state index is 0.413. The standard InChI is InChI=1S/C15H16N2O2/c1-11(18)15(19)17-14-9-7-13(8-10-14)16-12-5-3-2-4-6-12/h2-11,16,18H,1H3,(H,17,19). The highest BCUT2D eigenvalue weighted by Crippen LogP contribution is 2.18. The zero-order valence-electron chi connectivity index (χ0n) is 10.6. The Morgan fingerprint density at radius 2 is 1.47 bits per heavy atom. The zero-order valence-corrected chi connectivity index (χ0v) is 10.6. The Morgan fingerprint density at radius 3 is 2.05 bits per heavy atom. The number of hydrogen-bond acceptors (Lipinski definition) is 3. The molecule has 98 valence electrons. The van der Waals surface area contributed by atoms with Gasteiger partial charge in [-0.3, -0.25) is 4.79 Å². The van der Waals surface area contributed by atoms with Crippen LogP contribution in [0.2, 0.25) is 0 Å². The van der Waals surface area contributed by atoms with Gasteiger partial charge in [0.25, 0.3) is 5.91 Å². The van der Waals surface area contributed by atoms with Crippen molar-refractivity contribution in [3.63, 3.8) is 0 Å². The number of benzene rings is 2. The molecule has 2 rings (SSSR count). The second-order valence-electron chi connectivity index (χ2n) is 4.23. The Balaban J connectivity index is 2.01. The summed E-state index contributed by atoms with van der Waals surface area (Å²) in [6.07, 6.45) is -1.01. The van der Waals surface area contributed by atoms with E-state index in [0.29, 0.717) is 5.69 Å². The molecule has 19 heavy (non-hydrogen) atoms. The first-order chi connectivity index (χ1) is 9.15. The van der Waals surface area contributed by atoms with E-state index < -0.39 is 12.0 Å². The number of anilines is 3. The average Bonchev–Trinajstić information content (AvgIpc) is 2.42. The molecule has 0 heterocycles. The lowest BCUT2D eigenvalue weighted by Crippen LogP contribution is -2.24. The van der Waals surface area contributed by atoms with Crippen molar-refractivity contribution in [2.45, 2.75) is 13.0 Å². The van der Waals surface area contributed by atoms with Gasteiger partial charge in [0.15, 0.2) is 0 Å². The van der Waals surface area contributed by atoms with Crippen LogP contribution in [0, 0.1) is 0 Å². The topological polar surface area (TPSA) is 61.4 Å². The van der Waals surface area contributed by atoms with E-state index in [0.717, 1.165) is 11.4 Å². The number of nitrogens with one attached hydrogen (secondary N) is 2. The van der Waals surface area contributed by atoms with Gasteiger partial charge in [0.2, 0.25) is 0 Å². The van der Waals surface area contributed by atoms with Gasteiger partial charge in [-0.15, -0.1) is 0 Å². The van der Waals surface area contributed by atoms with Crippen LogP contribution in [0.25, 0.3) is 0 Å². The van der Waals surface area contributed by atoms with Gasteiger partial charge in [-0.25, -0.2) is 0 Å². The van der Waals surface area contributed by atoms with Crippen molar-refractivity contribution in [1.82, 2.24) is 0 Å². The number of rotatable bonds is 4. The van der Waals surface area contributed by atoms with Crippen LogP contribution < -0.4 is 10.6 Å². The molecule has 0 aromatic heterocycles. The molecule has 1 amide bonds. The third-order valence-electron chi connectivity index (χ3n) is 2.59. The first-order valence-electron chi connectivity index (χ1n) is 6.06. The van der Waals surface area contributed by atoms with Crippen LogP contribution in [-0.4, -0.2) is 17.1 Å². The molecule has 0 fully saturated rings. The molecule has 0 spiro atoms. The van der Waals surface area contributed by atoms with Crippen molar-refractivity contribution < 1.29 is 9.90 Å². The number of hydrogen-bond donors (Lipinski definition) is 3. The molecule has 1 unspecified atom stereocenters. The molecule has 0 aliphatic heterocycles. The van der Waals surface area contributed by atoms with E-state index in [2.05, 4.69) is 10.6 Å². The highest BCUT2D eigenvalue weighted by Gasteiger charge is 2.08. The summed E-state index contributed by atoms with van der Waals surface area (Å²) < 4.78 is 0. The van der Waals surface area contributed by atoms with E-state index in [9.17, 15) is 4.79 Å². The normalized spacial score (nSPS) is 11.7. The van der Waals surface area contributed by atoms with Crippen LogP contribution in [0.1, 0.15) is 6.92 Å². The molecule has 2 aromatic rings. The first-order valence-corrected chi connectivity index (χ1v) is 6.06. The predicted octanol–water partition coefficient (Wildman–Crippen LogP) is 2.75. The van der Waals surface area contributed by atoms with Crippen LogP contribution >= 0.6 is 0 Å². The minimum Gasteiger partial charge on any atom is -0.384 e. The van der Waals surface area contributed by atoms with Crippen molar-refractivity contribution in [3.05, 3.63) is 54.6 Å². The molecular weight excluding hydrogens is 240 g/mol. The van der Waals surface area contributed by atoms with Crippen molar-refractivity contribution >= 4 is 23.0 Å². The number of aliphatic hydroxyl groups excluding tert-OH is 1. The maximum absolute atomic E-state index is 11.3. The second-order valence-corrected chi connectivity index (χ2v) is 4.23. The third kappa shape index (κ3) is 3.82. The largest absolute Gasteiger partial charge is 0.384 e. The number of amides is 1. The van der Waals surface area contributed by atoms with E-state index >= 15 is 0 Å². The lowest BCUT2D eigenvalue weighted by atomic mass is 10.2. The zero-order chi connectivity index (χ0) is 13.7. The van der Waals surface area contributed by atoms with Crippen molar-refractivity contribution in [2.24, 2.45) is 0 Å². The summed E-state index contributed by atoms with van der Waals surface area (Å²) in [5.41, 5.74) is 2.59. The van der Waals surface area contributed by atoms with Crippen LogP contribution in [0.3, 0.4) is 0 Å². The van der Waals surface area contributed by atoms with Crippen LogP contribution in [0.15, 0.2) is 54.6 Å². The molecule has 4 heteroatoms. The van der Waals surface area contributed by atoms with Gasteiger partial charge in [-0.2, -0.15) is 0 Å². The van der Waals surface area contributed by atoms with E-state index in [1.54, 1.807) is 12.1 Å². The summed E-state index contributed by atoms with van der Waals surface area (Å²) >= 11 is 0. The summed E-state index contributed by atoms with van der Waals surface area (Å²) in [5.74, 6) is -0.413. The third-order valence-corrected chi connectivity index (χ3v) is 2.59. The molecule has 0 aliphatic carbocycles. The average molecular weight is 256 g/mol. The summed E-state index contributed by atoms with van der Waals surface area (Å²) in [6.45, 7) is 1.43. The SMILES string of the molecule is CC(O)C(=O)Nc1ccc(Nc2ccccc2)cc1. The summed E-state index contributed by atoms with van der Waals surface area (Å²) in [6, 6.07) is 17.1. The van der Waals surface area contributed by atoms with Gasteiger partial charge in [0.05, 0.1) is 0 Å². The Kier molecular flexibility index (Phi) is 4.15. The van der Waals surface area contributed by atoms with Crippen LogP contribution in [0.5, 0.6) is 0 Å². The Hall–Kier alpha value is -2.33. The lowest BCUT2D eigenvalue weighted by molar-refractivity contribution is -0.123. The molecule has 0 saturated heterocycles. The fourth-order valence-electron chi connectivity index (χ4n) is 1.57. The van der Waals surface area contributed by atoms with Crippen molar-refractivity contribution in [1.29, 1.82) is 0 Å². The minimum atomic E-state index is -1.01. The molecule has 0 radical (unpaired) electrons. The second kappa shape index (κ2) is 6.02. The summed E-state index contributed by atoms with van der Waals surface area (Å²) in [5, 5.41) is 15.0. The van der Waals surface area contributed by atoms with Gasteiger partial charge >= 0.3 is 0 Å². The maximum atomic E-state index is 11.3. The molecule has 1 atom stereocenters. The molecule has 0 aliphatic rings. The molecule has 2 aromatic carbocycles. The summed E-state index contributed by atoms with van der Waals surface area (Å²) in [7, 11) is 0. The number of carbonyl (C=O) groups excluding carboxylic acids is 1. The van der Waals surface area contributed by atoms with Gasteiger partial charge < -0.3 is 15.7 Å². The summed E-state index contributed by atoms with van der Waals surface area (Å²) in [4.78, 5) is 11.3. The highest BCUT2D eigenvalue weighted by atomic mass is 16.3. The molecule has 0 bridgehead atoms. The fourth-order valence-corrected chi connectivity index (χ4v) is 1.57. The predicted molar refractivity (Wildman–Crippen MR) is 76.5 cm³/mol. The molecular formula is C15H16N2O2. The Labute approximate surface area is 112 Å². The smallest absolute Gasteiger partial charge is 0.252 e. The van der Waals surface area contributed by atoms with Crippen molar-refractivity contribution in [3.8, 4) is 0 Å². The fraction of sp³-hybridized carbons (Fsp3) is 0.133.